The van der Waals surface area contributed by atoms with Gasteiger partial charge in [0.15, 0.2) is 0 Å². The Hall–Kier alpha value is -4.63. The van der Waals surface area contributed by atoms with Crippen molar-refractivity contribution in [3.05, 3.63) is 126 Å². The van der Waals surface area contributed by atoms with Gasteiger partial charge in [0.1, 0.15) is 12.9 Å². The van der Waals surface area contributed by atoms with Crippen LogP contribution in [0.3, 0.4) is 0 Å². The van der Waals surface area contributed by atoms with E-state index in [-0.39, 0.29) is 0 Å². The molecule has 0 bridgehead atoms. The Morgan fingerprint density at radius 3 is 2.17 bits per heavy atom. The van der Waals surface area contributed by atoms with E-state index in [1.165, 1.54) is 61.0 Å². The van der Waals surface area contributed by atoms with Crippen LogP contribution >= 0.6 is 0 Å². The first-order valence-electron chi connectivity index (χ1n) is 12.3. The van der Waals surface area contributed by atoms with E-state index in [2.05, 4.69) is 144 Å². The second-order valence-electron chi connectivity index (χ2n) is 9.49. The summed E-state index contributed by atoms with van der Waals surface area (Å²) in [5, 5.41) is 8.75. The molecule has 2 aliphatic heterocycles. The molecule has 3 nitrogen and oxygen atoms in total. The summed E-state index contributed by atoms with van der Waals surface area (Å²) in [5.74, 6) is 1.07. The maximum Gasteiger partial charge on any atom is 0.217 e. The molecule has 2 heterocycles. The number of benzene rings is 5. The zero-order chi connectivity index (χ0) is 24.2. The van der Waals surface area contributed by atoms with Gasteiger partial charge in [0.2, 0.25) is 11.4 Å². The van der Waals surface area contributed by atoms with Crippen LogP contribution in [0, 0.1) is 0 Å². The van der Waals surface area contributed by atoms with E-state index in [0.717, 1.165) is 5.82 Å². The second-order valence-corrected chi connectivity index (χ2v) is 9.49. The quantitative estimate of drug-likeness (QED) is 0.270. The fraction of sp³-hybridized carbons (Fsp3) is 0.0606. The van der Waals surface area contributed by atoms with Crippen LogP contribution < -0.4 is 10.2 Å². The summed E-state index contributed by atoms with van der Waals surface area (Å²) in [7, 11) is 4.31. The lowest BCUT2D eigenvalue weighted by Gasteiger charge is -2.13. The highest BCUT2D eigenvalue weighted by Crippen LogP contribution is 2.43. The molecule has 0 spiro atoms. The van der Waals surface area contributed by atoms with E-state index in [1.54, 1.807) is 0 Å². The fourth-order valence-electron chi connectivity index (χ4n) is 5.57. The summed E-state index contributed by atoms with van der Waals surface area (Å²) in [4.78, 5) is 2.25. The lowest BCUT2D eigenvalue weighted by atomic mass is 9.94. The minimum Gasteiger partial charge on any atom is -0.339 e. The lowest BCUT2D eigenvalue weighted by Crippen LogP contribution is -2.17. The molecule has 2 aliphatic rings. The molecule has 0 aliphatic carbocycles. The molecule has 36 heavy (non-hydrogen) atoms. The Labute approximate surface area is 210 Å². The molecule has 0 unspecified atom stereocenters. The SMILES string of the molecule is CN1/C(=C/C2=[N+](C)c3ccc4ccccc4c3/C2=C/c2ccccc2)Nc2c1ccc1ccccc21. The van der Waals surface area contributed by atoms with Crippen LogP contribution in [0.25, 0.3) is 33.2 Å². The summed E-state index contributed by atoms with van der Waals surface area (Å²) in [6.45, 7) is 0. The van der Waals surface area contributed by atoms with Gasteiger partial charge in [-0.2, -0.15) is 4.58 Å². The molecular formula is C33H26N3+. The topological polar surface area (TPSA) is 18.3 Å². The van der Waals surface area contributed by atoms with Gasteiger partial charge in [0, 0.05) is 18.5 Å². The van der Waals surface area contributed by atoms with Gasteiger partial charge in [-0.05, 0) is 39.9 Å². The predicted octanol–water partition coefficient (Wildman–Crippen LogP) is 7.67. The summed E-state index contributed by atoms with van der Waals surface area (Å²) < 4.78 is 2.32. The van der Waals surface area contributed by atoms with Gasteiger partial charge in [-0.25, -0.2) is 0 Å². The number of hydrogen-bond acceptors (Lipinski definition) is 2. The number of fused-ring (bicyclic) bond motifs is 6. The average molecular weight is 465 g/mol. The van der Waals surface area contributed by atoms with E-state index in [1.807, 2.05) is 0 Å². The van der Waals surface area contributed by atoms with Gasteiger partial charge in [-0.3, -0.25) is 0 Å². The van der Waals surface area contributed by atoms with Crippen molar-refractivity contribution < 1.29 is 4.58 Å². The molecule has 0 amide bonds. The van der Waals surface area contributed by atoms with Crippen LogP contribution in [0.1, 0.15) is 11.1 Å². The zero-order valence-electron chi connectivity index (χ0n) is 20.4. The minimum atomic E-state index is 1.07. The normalized spacial score (nSPS) is 16.8. The third-order valence-corrected chi connectivity index (χ3v) is 7.44. The standard InChI is InChI=1S/C33H25N3/c1-35-28-18-16-23-12-6-8-14-25(23)32(28)27(20-22-10-4-3-5-11-22)30(35)21-31-34-33-26-15-9-7-13-24(26)17-19-29(33)36(31)2/h3-21H,1-2H3/p+1/b27-20+. The first-order valence-corrected chi connectivity index (χ1v) is 12.3. The van der Waals surface area contributed by atoms with Crippen molar-refractivity contribution in [3.8, 4) is 0 Å². The Morgan fingerprint density at radius 2 is 1.36 bits per heavy atom. The van der Waals surface area contributed by atoms with Gasteiger partial charge in [-0.1, -0.05) is 84.9 Å². The van der Waals surface area contributed by atoms with Crippen LogP contribution in [0.5, 0.6) is 0 Å². The number of nitrogens with zero attached hydrogens (tertiary/aromatic N) is 2. The summed E-state index contributed by atoms with van der Waals surface area (Å²) >= 11 is 0. The minimum absolute atomic E-state index is 1.07. The van der Waals surface area contributed by atoms with Crippen molar-refractivity contribution >= 4 is 56.0 Å². The number of nitrogens with one attached hydrogen (secondary N) is 1. The Kier molecular flexibility index (Phi) is 4.58. The van der Waals surface area contributed by atoms with Crippen LogP contribution in [0.4, 0.5) is 17.1 Å². The molecule has 0 saturated carbocycles. The summed E-state index contributed by atoms with van der Waals surface area (Å²) in [6.07, 6.45) is 4.61. The summed E-state index contributed by atoms with van der Waals surface area (Å²) in [5.41, 5.74) is 8.48. The summed E-state index contributed by atoms with van der Waals surface area (Å²) in [6, 6.07) is 36.7. The number of rotatable bonds is 2. The fourth-order valence-corrected chi connectivity index (χ4v) is 5.57. The Morgan fingerprint density at radius 1 is 0.694 bits per heavy atom. The first kappa shape index (κ1) is 20.7. The molecule has 5 aromatic carbocycles. The van der Waals surface area contributed by atoms with Crippen LogP contribution in [-0.4, -0.2) is 24.4 Å². The molecule has 0 fully saturated rings. The molecule has 0 aromatic heterocycles. The van der Waals surface area contributed by atoms with Gasteiger partial charge in [0.05, 0.1) is 28.6 Å². The Balaban J connectivity index is 1.42. The average Bonchev–Trinajstić information content (AvgIpc) is 3.39. The van der Waals surface area contributed by atoms with Crippen LogP contribution in [0.2, 0.25) is 0 Å². The molecule has 7 rings (SSSR count). The van der Waals surface area contributed by atoms with Crippen LogP contribution in [0.15, 0.2) is 115 Å². The zero-order valence-corrected chi connectivity index (χ0v) is 20.4. The number of anilines is 2. The Bertz CT molecular complexity index is 1770. The first-order chi connectivity index (χ1) is 17.7. The maximum atomic E-state index is 3.74. The van der Waals surface area contributed by atoms with Crippen molar-refractivity contribution in [2.24, 2.45) is 0 Å². The third-order valence-electron chi connectivity index (χ3n) is 7.44. The molecule has 0 radical (unpaired) electrons. The highest BCUT2D eigenvalue weighted by atomic mass is 15.3. The van der Waals surface area contributed by atoms with Gasteiger partial charge in [0.25, 0.3) is 0 Å². The van der Waals surface area contributed by atoms with Gasteiger partial charge >= 0.3 is 0 Å². The third kappa shape index (κ3) is 3.10. The molecule has 3 heteroatoms. The van der Waals surface area contributed by atoms with E-state index in [0.29, 0.717) is 0 Å². The highest BCUT2D eigenvalue weighted by Gasteiger charge is 2.34. The smallest absolute Gasteiger partial charge is 0.217 e. The second kappa shape index (κ2) is 7.96. The van der Waals surface area contributed by atoms with Crippen molar-refractivity contribution in [2.75, 3.05) is 24.3 Å². The number of hydrogen-bond donors (Lipinski definition) is 1. The van der Waals surface area contributed by atoms with Crippen molar-refractivity contribution in [3.63, 3.8) is 0 Å². The van der Waals surface area contributed by atoms with Crippen LogP contribution in [-0.2, 0) is 0 Å². The molecule has 0 atom stereocenters. The maximum absolute atomic E-state index is 3.74. The molecule has 1 N–H and O–H groups in total. The predicted molar refractivity (Wildman–Crippen MR) is 153 cm³/mol. The van der Waals surface area contributed by atoms with E-state index >= 15 is 0 Å². The monoisotopic (exact) mass is 464 g/mol. The van der Waals surface area contributed by atoms with Crippen molar-refractivity contribution in [1.82, 2.24) is 0 Å². The van der Waals surface area contributed by atoms with Gasteiger partial charge < -0.3 is 10.2 Å². The van der Waals surface area contributed by atoms with Crippen molar-refractivity contribution in [2.45, 2.75) is 0 Å². The van der Waals surface area contributed by atoms with Gasteiger partial charge in [-0.15, -0.1) is 0 Å². The lowest BCUT2D eigenvalue weighted by molar-refractivity contribution is -0.399. The molecular weight excluding hydrogens is 438 g/mol. The van der Waals surface area contributed by atoms with E-state index < -0.39 is 0 Å². The largest absolute Gasteiger partial charge is 0.339 e. The van der Waals surface area contributed by atoms with E-state index in [9.17, 15) is 0 Å². The van der Waals surface area contributed by atoms with E-state index in [4.69, 9.17) is 0 Å². The van der Waals surface area contributed by atoms with Crippen molar-refractivity contribution in [1.29, 1.82) is 0 Å². The molecule has 0 saturated heterocycles. The number of allylic oxidation sites excluding steroid dienone is 2. The molecule has 5 aromatic rings. The molecule has 172 valence electrons. The highest BCUT2D eigenvalue weighted by molar-refractivity contribution is 6.36.